The van der Waals surface area contributed by atoms with Crippen molar-refractivity contribution in [2.75, 3.05) is 43.4 Å². The summed E-state index contributed by atoms with van der Waals surface area (Å²) in [6, 6.07) is 11.2. The van der Waals surface area contributed by atoms with Crippen LogP contribution in [0.3, 0.4) is 0 Å². The lowest BCUT2D eigenvalue weighted by Crippen LogP contribution is -2.53. The van der Waals surface area contributed by atoms with Crippen molar-refractivity contribution in [2.24, 2.45) is 5.92 Å². The van der Waals surface area contributed by atoms with Crippen LogP contribution in [-0.4, -0.2) is 59.1 Å². The van der Waals surface area contributed by atoms with Gasteiger partial charge in [-0.15, -0.1) is 0 Å². The largest absolute Gasteiger partial charge is 0.379 e. The number of fused-ring (bicyclic) bond motifs is 5. The first-order chi connectivity index (χ1) is 16.5. The molecular formula is C26H29FN6O. The van der Waals surface area contributed by atoms with Gasteiger partial charge in [0.05, 0.1) is 27.9 Å². The molecule has 3 N–H and O–H groups in total. The van der Waals surface area contributed by atoms with Gasteiger partial charge in [-0.3, -0.25) is 4.79 Å². The summed E-state index contributed by atoms with van der Waals surface area (Å²) in [7, 11) is 1.84. The van der Waals surface area contributed by atoms with Gasteiger partial charge in [-0.1, -0.05) is 12.1 Å². The Hall–Kier alpha value is -3.39. The SMILES string of the molecule is CCN(C)c1cc2[nH]c(=O)c(-c3nc4ccccc4[nH]3)c(N[C@@H]3CN4CCC3CC4)c2cc1F. The molecule has 2 aromatic carbocycles. The predicted octanol–water partition coefficient (Wildman–Crippen LogP) is 4.17. The van der Waals surface area contributed by atoms with Crippen LogP contribution >= 0.6 is 0 Å². The maximum absolute atomic E-state index is 15.3. The number of nitrogens with one attached hydrogen (secondary N) is 3. The molecule has 34 heavy (non-hydrogen) atoms. The summed E-state index contributed by atoms with van der Waals surface area (Å²) in [5.41, 5.74) is 3.57. The van der Waals surface area contributed by atoms with Gasteiger partial charge in [-0.25, -0.2) is 9.37 Å². The summed E-state index contributed by atoms with van der Waals surface area (Å²) in [6.45, 7) is 5.80. The number of halogens is 1. The molecule has 0 aliphatic carbocycles. The third kappa shape index (κ3) is 3.44. The number of rotatable bonds is 5. The van der Waals surface area contributed by atoms with Crippen molar-refractivity contribution in [3.8, 4) is 11.4 Å². The number of aromatic nitrogens is 3. The van der Waals surface area contributed by atoms with E-state index < -0.39 is 0 Å². The summed E-state index contributed by atoms with van der Waals surface area (Å²) >= 11 is 0. The van der Waals surface area contributed by atoms with Gasteiger partial charge in [0, 0.05) is 31.6 Å². The molecule has 8 heteroatoms. The second-order valence-corrected chi connectivity index (χ2v) is 9.56. The van der Waals surface area contributed by atoms with Crippen LogP contribution in [0.15, 0.2) is 41.2 Å². The highest BCUT2D eigenvalue weighted by Crippen LogP contribution is 2.37. The number of hydrogen-bond donors (Lipinski definition) is 3. The minimum atomic E-state index is -0.309. The van der Waals surface area contributed by atoms with Gasteiger partial charge in [-0.05, 0) is 63.0 Å². The molecule has 4 aromatic rings. The molecule has 3 aliphatic rings. The van der Waals surface area contributed by atoms with Crippen molar-refractivity contribution in [3.05, 3.63) is 52.6 Å². The van der Waals surface area contributed by atoms with Crippen molar-refractivity contribution >= 4 is 33.3 Å². The number of aromatic amines is 2. The van der Waals surface area contributed by atoms with Gasteiger partial charge < -0.3 is 25.1 Å². The number of benzene rings is 2. The maximum atomic E-state index is 15.3. The third-order valence-corrected chi connectivity index (χ3v) is 7.58. The lowest BCUT2D eigenvalue weighted by Gasteiger charge is -2.45. The number of piperidine rings is 3. The summed E-state index contributed by atoms with van der Waals surface area (Å²) in [4.78, 5) is 28.8. The number of hydrogen-bond acceptors (Lipinski definition) is 5. The van der Waals surface area contributed by atoms with Crippen molar-refractivity contribution in [1.82, 2.24) is 19.9 Å². The molecule has 3 aliphatic heterocycles. The average Bonchev–Trinajstić information content (AvgIpc) is 3.28. The summed E-state index contributed by atoms with van der Waals surface area (Å²) in [5.74, 6) is 0.720. The Labute approximate surface area is 197 Å². The zero-order chi connectivity index (χ0) is 23.4. The fourth-order valence-electron chi connectivity index (χ4n) is 5.53. The van der Waals surface area contributed by atoms with E-state index in [4.69, 9.17) is 4.98 Å². The van der Waals surface area contributed by atoms with Crippen LogP contribution in [0, 0.1) is 11.7 Å². The second kappa shape index (κ2) is 8.13. The highest BCUT2D eigenvalue weighted by Gasteiger charge is 2.35. The molecular weight excluding hydrogens is 431 g/mol. The van der Waals surface area contributed by atoms with Crippen LogP contribution in [0.2, 0.25) is 0 Å². The Morgan fingerprint density at radius 1 is 1.18 bits per heavy atom. The van der Waals surface area contributed by atoms with Crippen LogP contribution < -0.4 is 15.8 Å². The normalized spacial score (nSPS) is 21.9. The fourth-order valence-corrected chi connectivity index (χ4v) is 5.53. The minimum Gasteiger partial charge on any atom is -0.379 e. The van der Waals surface area contributed by atoms with E-state index in [1.807, 2.05) is 43.1 Å². The highest BCUT2D eigenvalue weighted by molar-refractivity contribution is 6.00. The number of pyridine rings is 1. The Balaban J connectivity index is 1.57. The highest BCUT2D eigenvalue weighted by atomic mass is 19.1. The van der Waals surface area contributed by atoms with E-state index in [2.05, 4.69) is 20.2 Å². The molecule has 7 rings (SSSR count). The molecule has 0 radical (unpaired) electrons. The molecule has 2 aromatic heterocycles. The van der Waals surface area contributed by atoms with Gasteiger partial charge in [0.2, 0.25) is 0 Å². The second-order valence-electron chi connectivity index (χ2n) is 9.56. The van der Waals surface area contributed by atoms with E-state index in [0.29, 0.717) is 46.1 Å². The van der Waals surface area contributed by atoms with E-state index >= 15 is 4.39 Å². The van der Waals surface area contributed by atoms with E-state index in [0.717, 1.165) is 43.5 Å². The average molecular weight is 461 g/mol. The monoisotopic (exact) mass is 460 g/mol. The molecule has 1 atom stereocenters. The topological polar surface area (TPSA) is 80.0 Å². The first-order valence-corrected chi connectivity index (χ1v) is 12.1. The number of anilines is 2. The van der Waals surface area contributed by atoms with Crippen LogP contribution in [0.1, 0.15) is 19.8 Å². The lowest BCUT2D eigenvalue weighted by molar-refractivity contribution is 0.0976. The van der Waals surface area contributed by atoms with Crippen LogP contribution in [0.5, 0.6) is 0 Å². The standard InChI is InChI=1S/C26H29FN6O/c1-3-32(2)22-13-20-16(12-17(22)27)24(28-21-14-33-10-8-15(21)9-11-33)23(26(34)31-20)25-29-18-6-4-5-7-19(18)30-25/h4-7,12-13,15,21H,3,8-11,14H2,1-2H3,(H,29,30)(H2,28,31,34)/t21-/m1/s1. The van der Waals surface area contributed by atoms with Crippen LogP contribution in [0.25, 0.3) is 33.3 Å². The molecule has 7 nitrogen and oxygen atoms in total. The Bertz CT molecular complexity index is 1400. The number of nitrogens with zero attached hydrogens (tertiary/aromatic N) is 3. The quantitative estimate of drug-likeness (QED) is 0.417. The zero-order valence-electron chi connectivity index (χ0n) is 19.5. The van der Waals surface area contributed by atoms with Crippen molar-refractivity contribution in [2.45, 2.75) is 25.8 Å². The van der Waals surface area contributed by atoms with Gasteiger partial charge in [0.1, 0.15) is 17.2 Å². The smallest absolute Gasteiger partial charge is 0.261 e. The third-order valence-electron chi connectivity index (χ3n) is 7.58. The maximum Gasteiger partial charge on any atom is 0.261 e. The zero-order valence-corrected chi connectivity index (χ0v) is 19.5. The molecule has 0 unspecified atom stereocenters. The molecule has 3 fully saturated rings. The molecule has 0 amide bonds. The van der Waals surface area contributed by atoms with Crippen molar-refractivity contribution < 1.29 is 4.39 Å². The summed E-state index contributed by atoms with van der Waals surface area (Å²) < 4.78 is 15.3. The fraction of sp³-hybridized carbons (Fsp3) is 0.385. The first-order valence-electron chi connectivity index (χ1n) is 12.1. The summed E-state index contributed by atoms with van der Waals surface area (Å²) in [5, 5.41) is 4.36. The number of H-pyrrole nitrogens is 2. The number of para-hydroxylation sites is 2. The van der Waals surface area contributed by atoms with Crippen LogP contribution in [-0.2, 0) is 0 Å². The lowest BCUT2D eigenvalue weighted by atomic mass is 9.83. The Morgan fingerprint density at radius 2 is 1.97 bits per heavy atom. The van der Waals surface area contributed by atoms with Gasteiger partial charge in [0.25, 0.3) is 5.56 Å². The molecule has 176 valence electrons. The molecule has 5 heterocycles. The van der Waals surface area contributed by atoms with Gasteiger partial charge in [0.15, 0.2) is 0 Å². The first kappa shape index (κ1) is 21.2. The van der Waals surface area contributed by atoms with Crippen LogP contribution in [0.4, 0.5) is 15.8 Å². The van der Waals surface area contributed by atoms with E-state index in [9.17, 15) is 4.79 Å². The van der Waals surface area contributed by atoms with E-state index in [1.165, 1.54) is 0 Å². The van der Waals surface area contributed by atoms with E-state index in [-0.39, 0.29) is 17.4 Å². The molecule has 0 spiro atoms. The molecule has 0 saturated carbocycles. The minimum absolute atomic E-state index is 0.205. The summed E-state index contributed by atoms with van der Waals surface area (Å²) in [6.07, 6.45) is 2.27. The van der Waals surface area contributed by atoms with Crippen molar-refractivity contribution in [3.63, 3.8) is 0 Å². The Kier molecular flexibility index (Phi) is 5.06. The predicted molar refractivity (Wildman–Crippen MR) is 135 cm³/mol. The van der Waals surface area contributed by atoms with Gasteiger partial charge in [-0.2, -0.15) is 0 Å². The Morgan fingerprint density at radius 3 is 2.68 bits per heavy atom. The van der Waals surface area contributed by atoms with Gasteiger partial charge >= 0.3 is 0 Å². The van der Waals surface area contributed by atoms with Crippen molar-refractivity contribution in [1.29, 1.82) is 0 Å². The molecule has 3 saturated heterocycles. The van der Waals surface area contributed by atoms with E-state index in [1.54, 1.807) is 12.1 Å². The number of imidazole rings is 1. The molecule has 2 bridgehead atoms.